The first kappa shape index (κ1) is 17.4. The molecule has 0 bridgehead atoms. The van der Waals surface area contributed by atoms with E-state index in [1.54, 1.807) is 7.11 Å². The van der Waals surface area contributed by atoms with Crippen LogP contribution in [0.1, 0.15) is 32.4 Å². The zero-order chi connectivity index (χ0) is 18.0. The standard InChI is InChI=1S/C18H25N5O2/c1-5-6-13-10(2)19-18(22-16(13)24)23-17-20-11(3)14-9-12(25-4)7-8-15(14)21-17/h7-10,13,18-19H,5-6H2,1-4H3,(H,22,24)(H,20,21,23). The van der Waals surface area contributed by atoms with E-state index in [9.17, 15) is 4.79 Å². The Morgan fingerprint density at radius 3 is 2.80 bits per heavy atom. The van der Waals surface area contributed by atoms with Gasteiger partial charge < -0.3 is 15.4 Å². The Morgan fingerprint density at radius 2 is 2.12 bits per heavy atom. The number of aromatic nitrogens is 2. The molecule has 1 aromatic heterocycles. The third kappa shape index (κ3) is 3.66. The number of fused-ring (bicyclic) bond motifs is 1. The number of rotatable bonds is 5. The van der Waals surface area contributed by atoms with Crippen molar-refractivity contribution in [3.8, 4) is 5.75 Å². The Labute approximate surface area is 147 Å². The second kappa shape index (κ2) is 7.23. The first-order valence-corrected chi connectivity index (χ1v) is 8.67. The summed E-state index contributed by atoms with van der Waals surface area (Å²) in [7, 11) is 1.64. The van der Waals surface area contributed by atoms with Crippen LogP contribution in [0.25, 0.3) is 10.9 Å². The number of carbonyl (C=O) groups is 1. The maximum Gasteiger partial charge on any atom is 0.227 e. The lowest BCUT2D eigenvalue weighted by Crippen LogP contribution is -2.63. The van der Waals surface area contributed by atoms with E-state index in [-0.39, 0.29) is 24.2 Å². The summed E-state index contributed by atoms with van der Waals surface area (Å²) < 4.78 is 5.25. The van der Waals surface area contributed by atoms with Gasteiger partial charge in [0.15, 0.2) is 6.29 Å². The first-order valence-electron chi connectivity index (χ1n) is 8.67. The molecule has 0 spiro atoms. The molecule has 7 heteroatoms. The summed E-state index contributed by atoms with van der Waals surface area (Å²) in [5, 5.41) is 10.4. The average Bonchev–Trinajstić information content (AvgIpc) is 2.58. The van der Waals surface area contributed by atoms with Crippen molar-refractivity contribution in [2.75, 3.05) is 12.4 Å². The molecule has 134 valence electrons. The van der Waals surface area contributed by atoms with Crippen molar-refractivity contribution in [1.82, 2.24) is 20.6 Å². The minimum absolute atomic E-state index is 0.00484. The normalized spacial score (nSPS) is 23.4. The smallest absolute Gasteiger partial charge is 0.227 e. The van der Waals surface area contributed by atoms with Crippen LogP contribution in [-0.4, -0.2) is 35.3 Å². The number of amides is 1. The van der Waals surface area contributed by atoms with Crippen LogP contribution >= 0.6 is 0 Å². The summed E-state index contributed by atoms with van der Waals surface area (Å²) in [5.41, 5.74) is 1.68. The summed E-state index contributed by atoms with van der Waals surface area (Å²) >= 11 is 0. The highest BCUT2D eigenvalue weighted by Gasteiger charge is 2.32. The summed E-state index contributed by atoms with van der Waals surface area (Å²) in [6.07, 6.45) is 1.48. The lowest BCUT2D eigenvalue weighted by Gasteiger charge is -2.35. The molecular formula is C18H25N5O2. The number of anilines is 1. The van der Waals surface area contributed by atoms with Gasteiger partial charge in [0.2, 0.25) is 11.9 Å². The fourth-order valence-electron chi connectivity index (χ4n) is 3.25. The number of hydrogen-bond acceptors (Lipinski definition) is 6. The van der Waals surface area contributed by atoms with Crippen LogP contribution < -0.4 is 20.7 Å². The van der Waals surface area contributed by atoms with Crippen LogP contribution in [0, 0.1) is 12.8 Å². The Morgan fingerprint density at radius 1 is 1.32 bits per heavy atom. The van der Waals surface area contributed by atoms with E-state index >= 15 is 0 Å². The van der Waals surface area contributed by atoms with E-state index in [0.29, 0.717) is 5.95 Å². The quantitative estimate of drug-likeness (QED) is 0.771. The molecule has 1 amide bonds. The van der Waals surface area contributed by atoms with Gasteiger partial charge in [0.1, 0.15) is 5.75 Å². The molecule has 3 atom stereocenters. The molecule has 1 fully saturated rings. The summed E-state index contributed by atoms with van der Waals surface area (Å²) in [4.78, 5) is 21.3. The van der Waals surface area contributed by atoms with Crippen molar-refractivity contribution in [2.24, 2.45) is 5.92 Å². The summed E-state index contributed by atoms with van der Waals surface area (Å²) in [6.45, 7) is 6.05. The van der Waals surface area contributed by atoms with Crippen molar-refractivity contribution in [2.45, 2.75) is 45.9 Å². The van der Waals surface area contributed by atoms with Gasteiger partial charge in [-0.15, -0.1) is 0 Å². The number of ether oxygens (including phenoxy) is 1. The molecule has 25 heavy (non-hydrogen) atoms. The van der Waals surface area contributed by atoms with E-state index in [1.807, 2.05) is 32.0 Å². The molecule has 3 rings (SSSR count). The summed E-state index contributed by atoms with van der Waals surface area (Å²) in [6, 6.07) is 5.79. The number of nitrogens with zero attached hydrogens (tertiary/aromatic N) is 2. The predicted octanol–water partition coefficient (Wildman–Crippen LogP) is 2.17. The van der Waals surface area contributed by atoms with Gasteiger partial charge >= 0.3 is 0 Å². The number of carbonyl (C=O) groups excluding carboxylic acids is 1. The Bertz CT molecular complexity index is 779. The van der Waals surface area contributed by atoms with Crippen molar-refractivity contribution in [3.63, 3.8) is 0 Å². The van der Waals surface area contributed by atoms with Crippen molar-refractivity contribution >= 4 is 22.8 Å². The number of methoxy groups -OCH3 is 1. The van der Waals surface area contributed by atoms with Crippen molar-refractivity contribution in [3.05, 3.63) is 23.9 Å². The van der Waals surface area contributed by atoms with Gasteiger partial charge in [0, 0.05) is 11.4 Å². The van der Waals surface area contributed by atoms with E-state index in [1.165, 1.54) is 0 Å². The highest BCUT2D eigenvalue weighted by molar-refractivity contribution is 5.83. The van der Waals surface area contributed by atoms with Gasteiger partial charge in [-0.05, 0) is 38.5 Å². The molecule has 2 aromatic rings. The Kier molecular flexibility index (Phi) is 5.03. The van der Waals surface area contributed by atoms with Crippen LogP contribution in [0.4, 0.5) is 5.95 Å². The fraction of sp³-hybridized carbons (Fsp3) is 0.500. The van der Waals surface area contributed by atoms with Gasteiger partial charge in [-0.3, -0.25) is 10.1 Å². The lowest BCUT2D eigenvalue weighted by molar-refractivity contribution is -0.129. The third-order valence-corrected chi connectivity index (χ3v) is 4.62. The van der Waals surface area contributed by atoms with Crippen molar-refractivity contribution in [1.29, 1.82) is 0 Å². The highest BCUT2D eigenvalue weighted by atomic mass is 16.5. The van der Waals surface area contributed by atoms with E-state index in [0.717, 1.165) is 35.2 Å². The third-order valence-electron chi connectivity index (χ3n) is 4.62. The number of nitrogens with one attached hydrogen (secondary N) is 3. The topological polar surface area (TPSA) is 88.2 Å². The molecule has 2 heterocycles. The molecule has 1 aliphatic heterocycles. The van der Waals surface area contributed by atoms with Crippen LogP contribution in [0.5, 0.6) is 5.75 Å². The molecule has 0 aliphatic carbocycles. The monoisotopic (exact) mass is 343 g/mol. The van der Waals surface area contributed by atoms with Gasteiger partial charge in [-0.2, -0.15) is 0 Å². The molecular weight excluding hydrogens is 318 g/mol. The molecule has 3 unspecified atom stereocenters. The molecule has 0 saturated carbocycles. The minimum Gasteiger partial charge on any atom is -0.497 e. The van der Waals surface area contributed by atoms with Gasteiger partial charge in [0.05, 0.1) is 24.2 Å². The maximum atomic E-state index is 12.3. The number of hydrogen-bond donors (Lipinski definition) is 3. The first-order chi connectivity index (χ1) is 12.0. The van der Waals surface area contributed by atoms with E-state index in [4.69, 9.17) is 4.74 Å². The maximum absolute atomic E-state index is 12.3. The SMILES string of the molecule is CCCC1C(=O)NC(Nc2nc(C)c3cc(OC)ccc3n2)NC1C. The van der Waals surface area contributed by atoms with Crippen LogP contribution in [0.3, 0.4) is 0 Å². The Balaban J connectivity index is 1.78. The lowest BCUT2D eigenvalue weighted by atomic mass is 9.93. The van der Waals surface area contributed by atoms with Gasteiger partial charge in [0.25, 0.3) is 0 Å². The molecule has 7 nitrogen and oxygen atoms in total. The largest absolute Gasteiger partial charge is 0.497 e. The molecule has 3 N–H and O–H groups in total. The fourth-order valence-corrected chi connectivity index (χ4v) is 3.25. The zero-order valence-electron chi connectivity index (χ0n) is 15.1. The number of benzene rings is 1. The number of aryl methyl sites for hydroxylation is 1. The van der Waals surface area contributed by atoms with Crippen molar-refractivity contribution < 1.29 is 9.53 Å². The average molecular weight is 343 g/mol. The predicted molar refractivity (Wildman–Crippen MR) is 97.4 cm³/mol. The highest BCUT2D eigenvalue weighted by Crippen LogP contribution is 2.23. The summed E-state index contributed by atoms with van der Waals surface area (Å²) in [5.74, 6) is 1.31. The van der Waals surface area contributed by atoms with Crippen LogP contribution in [0.2, 0.25) is 0 Å². The van der Waals surface area contributed by atoms with Gasteiger partial charge in [-0.25, -0.2) is 9.97 Å². The molecule has 1 aromatic carbocycles. The second-order valence-electron chi connectivity index (χ2n) is 6.45. The minimum atomic E-state index is -0.384. The van der Waals surface area contributed by atoms with E-state index in [2.05, 4.69) is 32.8 Å². The molecule has 1 aliphatic rings. The van der Waals surface area contributed by atoms with Gasteiger partial charge in [-0.1, -0.05) is 13.3 Å². The second-order valence-corrected chi connectivity index (χ2v) is 6.45. The molecule has 1 saturated heterocycles. The van der Waals surface area contributed by atoms with Crippen LogP contribution in [0.15, 0.2) is 18.2 Å². The Hall–Kier alpha value is -2.41. The molecule has 0 radical (unpaired) electrons. The van der Waals surface area contributed by atoms with E-state index < -0.39 is 0 Å². The zero-order valence-corrected chi connectivity index (χ0v) is 15.1. The van der Waals surface area contributed by atoms with Crippen LogP contribution in [-0.2, 0) is 4.79 Å².